The van der Waals surface area contributed by atoms with Gasteiger partial charge in [-0.25, -0.2) is 4.79 Å². The highest BCUT2D eigenvalue weighted by Gasteiger charge is 2.05. The van der Waals surface area contributed by atoms with Crippen molar-refractivity contribution in [1.29, 1.82) is 0 Å². The second kappa shape index (κ2) is 7.61. The average Bonchev–Trinajstić information content (AvgIpc) is 2.49. The van der Waals surface area contributed by atoms with Gasteiger partial charge in [-0.3, -0.25) is 4.79 Å². The van der Waals surface area contributed by atoms with Crippen molar-refractivity contribution in [2.24, 2.45) is 0 Å². The first kappa shape index (κ1) is 16.0. The number of Topliss-reactive ketones (excluding diaryl/α,β-unsaturated/α-hetero) is 1. The van der Waals surface area contributed by atoms with Crippen molar-refractivity contribution < 1.29 is 9.59 Å². The van der Waals surface area contributed by atoms with Gasteiger partial charge in [0.15, 0.2) is 5.78 Å². The zero-order valence-electron chi connectivity index (χ0n) is 12.2. The van der Waals surface area contributed by atoms with Gasteiger partial charge in [-0.05, 0) is 37.1 Å². The van der Waals surface area contributed by atoms with E-state index < -0.39 is 0 Å². The Bertz CT molecular complexity index is 686. The molecule has 5 heteroatoms. The molecule has 0 spiro atoms. The lowest BCUT2D eigenvalue weighted by Gasteiger charge is -2.09. The lowest BCUT2D eigenvalue weighted by atomic mass is 10.1. The van der Waals surface area contributed by atoms with Crippen molar-refractivity contribution in [3.05, 3.63) is 64.7 Å². The maximum Gasteiger partial charge on any atom is 0.319 e. The third-order valence-electron chi connectivity index (χ3n) is 3.16. The molecular formula is C17H17ClN2O2. The molecule has 0 saturated heterocycles. The van der Waals surface area contributed by atoms with Crippen LogP contribution in [0.1, 0.15) is 22.8 Å². The molecule has 0 unspecified atom stereocenters. The highest BCUT2D eigenvalue weighted by molar-refractivity contribution is 6.31. The van der Waals surface area contributed by atoms with Crippen LogP contribution in [-0.2, 0) is 6.42 Å². The Morgan fingerprint density at radius 3 is 2.59 bits per heavy atom. The van der Waals surface area contributed by atoms with Gasteiger partial charge in [0, 0.05) is 22.8 Å². The van der Waals surface area contributed by atoms with E-state index in [1.54, 1.807) is 24.3 Å². The van der Waals surface area contributed by atoms with E-state index >= 15 is 0 Å². The molecule has 0 aliphatic heterocycles. The second-order valence-corrected chi connectivity index (χ2v) is 5.27. The summed E-state index contributed by atoms with van der Waals surface area (Å²) >= 11 is 6.06. The number of hydrogen-bond donors (Lipinski definition) is 2. The van der Waals surface area contributed by atoms with Gasteiger partial charge in [0.2, 0.25) is 0 Å². The summed E-state index contributed by atoms with van der Waals surface area (Å²) in [6, 6.07) is 14.0. The first-order chi connectivity index (χ1) is 10.6. The zero-order valence-corrected chi connectivity index (χ0v) is 13.0. The van der Waals surface area contributed by atoms with Gasteiger partial charge in [-0.1, -0.05) is 41.9 Å². The molecule has 0 heterocycles. The van der Waals surface area contributed by atoms with Gasteiger partial charge in [0.05, 0.1) is 0 Å². The van der Waals surface area contributed by atoms with Crippen molar-refractivity contribution in [1.82, 2.24) is 5.32 Å². The fourth-order valence-electron chi connectivity index (χ4n) is 2.00. The zero-order chi connectivity index (χ0) is 15.9. The van der Waals surface area contributed by atoms with Crippen molar-refractivity contribution in [3.63, 3.8) is 0 Å². The molecule has 22 heavy (non-hydrogen) atoms. The fraction of sp³-hybridized carbons (Fsp3) is 0.176. The van der Waals surface area contributed by atoms with Gasteiger partial charge in [0.1, 0.15) is 0 Å². The van der Waals surface area contributed by atoms with Crippen molar-refractivity contribution >= 4 is 29.1 Å². The van der Waals surface area contributed by atoms with E-state index in [1.165, 1.54) is 6.92 Å². The number of benzene rings is 2. The summed E-state index contributed by atoms with van der Waals surface area (Å²) in [6.45, 7) is 1.96. The molecule has 0 fully saturated rings. The molecule has 2 aromatic carbocycles. The summed E-state index contributed by atoms with van der Waals surface area (Å²) in [4.78, 5) is 23.1. The van der Waals surface area contributed by atoms with Crippen LogP contribution in [-0.4, -0.2) is 18.4 Å². The van der Waals surface area contributed by atoms with Crippen molar-refractivity contribution in [2.75, 3.05) is 11.9 Å². The van der Waals surface area contributed by atoms with Crippen LogP contribution >= 0.6 is 11.6 Å². The maximum absolute atomic E-state index is 11.8. The molecular weight excluding hydrogens is 300 g/mol. The van der Waals surface area contributed by atoms with Crippen LogP contribution in [0.5, 0.6) is 0 Å². The minimum Gasteiger partial charge on any atom is -0.338 e. The van der Waals surface area contributed by atoms with Crippen LogP contribution in [0.4, 0.5) is 10.5 Å². The standard InChI is InChI=1S/C17H17ClN2O2/c1-12(21)14-6-4-7-15(11-14)20-17(22)19-10-9-13-5-2-3-8-16(13)18/h2-8,11H,9-10H2,1H3,(H2,19,20,22). The quantitative estimate of drug-likeness (QED) is 0.822. The molecule has 114 valence electrons. The predicted octanol–water partition coefficient (Wildman–Crippen LogP) is 3.91. The second-order valence-electron chi connectivity index (χ2n) is 4.86. The van der Waals surface area contributed by atoms with Gasteiger partial charge >= 0.3 is 6.03 Å². The van der Waals surface area contributed by atoms with Crippen molar-refractivity contribution in [2.45, 2.75) is 13.3 Å². The molecule has 0 aliphatic rings. The van der Waals surface area contributed by atoms with E-state index in [0.29, 0.717) is 29.2 Å². The molecule has 0 aliphatic carbocycles. The Hall–Kier alpha value is -2.33. The summed E-state index contributed by atoms with van der Waals surface area (Å²) in [7, 11) is 0. The van der Waals surface area contributed by atoms with Crippen LogP contribution in [0.3, 0.4) is 0 Å². The molecule has 2 aromatic rings. The van der Waals surface area contributed by atoms with Gasteiger partial charge in [0.25, 0.3) is 0 Å². The first-order valence-corrected chi connectivity index (χ1v) is 7.33. The fourth-order valence-corrected chi connectivity index (χ4v) is 2.23. The molecule has 0 bridgehead atoms. The number of urea groups is 1. The highest BCUT2D eigenvalue weighted by Crippen LogP contribution is 2.15. The SMILES string of the molecule is CC(=O)c1cccc(NC(=O)NCCc2ccccc2Cl)c1. The number of rotatable bonds is 5. The van der Waals surface area contributed by atoms with Gasteiger partial charge in [-0.15, -0.1) is 0 Å². The van der Waals surface area contributed by atoms with Crippen LogP contribution in [0, 0.1) is 0 Å². The minimum atomic E-state index is -0.312. The average molecular weight is 317 g/mol. The number of nitrogens with one attached hydrogen (secondary N) is 2. The third-order valence-corrected chi connectivity index (χ3v) is 3.53. The van der Waals surface area contributed by atoms with E-state index in [0.717, 1.165) is 5.56 Å². The Morgan fingerprint density at radius 1 is 1.09 bits per heavy atom. The summed E-state index contributed by atoms with van der Waals surface area (Å²) in [5.74, 6) is -0.0391. The number of ketones is 1. The Kier molecular flexibility index (Phi) is 5.55. The number of carbonyl (C=O) groups excluding carboxylic acids is 2. The lowest BCUT2D eigenvalue weighted by Crippen LogP contribution is -2.30. The summed E-state index contributed by atoms with van der Waals surface area (Å²) in [6.07, 6.45) is 0.653. The summed E-state index contributed by atoms with van der Waals surface area (Å²) < 4.78 is 0. The Labute approximate surface area is 134 Å². The smallest absolute Gasteiger partial charge is 0.319 e. The minimum absolute atomic E-state index is 0.0391. The van der Waals surface area contributed by atoms with E-state index in [-0.39, 0.29) is 11.8 Å². The van der Waals surface area contributed by atoms with E-state index in [4.69, 9.17) is 11.6 Å². The van der Waals surface area contributed by atoms with Crippen LogP contribution < -0.4 is 10.6 Å². The van der Waals surface area contributed by atoms with E-state index in [9.17, 15) is 9.59 Å². The molecule has 0 aromatic heterocycles. The third kappa shape index (κ3) is 4.60. The number of hydrogen-bond acceptors (Lipinski definition) is 2. The van der Waals surface area contributed by atoms with Gasteiger partial charge < -0.3 is 10.6 Å². The lowest BCUT2D eigenvalue weighted by molar-refractivity contribution is 0.101. The first-order valence-electron chi connectivity index (χ1n) is 6.95. The predicted molar refractivity (Wildman–Crippen MR) is 88.6 cm³/mol. The molecule has 2 rings (SSSR count). The van der Waals surface area contributed by atoms with E-state index in [2.05, 4.69) is 10.6 Å². The highest BCUT2D eigenvalue weighted by atomic mass is 35.5. The van der Waals surface area contributed by atoms with Crippen molar-refractivity contribution in [3.8, 4) is 0 Å². The number of amides is 2. The molecule has 2 N–H and O–H groups in total. The molecule has 2 amide bonds. The molecule has 0 saturated carbocycles. The van der Waals surface area contributed by atoms with E-state index in [1.807, 2.05) is 24.3 Å². The number of carbonyl (C=O) groups is 2. The van der Waals surface area contributed by atoms with Crippen LogP contribution in [0.2, 0.25) is 5.02 Å². The monoisotopic (exact) mass is 316 g/mol. The maximum atomic E-state index is 11.8. The summed E-state index contributed by atoms with van der Waals surface area (Å²) in [5.41, 5.74) is 2.14. The topological polar surface area (TPSA) is 58.2 Å². The normalized spacial score (nSPS) is 10.1. The number of anilines is 1. The largest absolute Gasteiger partial charge is 0.338 e. The molecule has 0 atom stereocenters. The Balaban J connectivity index is 1.84. The Morgan fingerprint density at radius 2 is 1.86 bits per heavy atom. The number of halogens is 1. The van der Waals surface area contributed by atoms with Crippen LogP contribution in [0.15, 0.2) is 48.5 Å². The van der Waals surface area contributed by atoms with Crippen LogP contribution in [0.25, 0.3) is 0 Å². The summed E-state index contributed by atoms with van der Waals surface area (Å²) in [5, 5.41) is 6.16. The molecule has 0 radical (unpaired) electrons. The molecule has 4 nitrogen and oxygen atoms in total. The van der Waals surface area contributed by atoms with Gasteiger partial charge in [-0.2, -0.15) is 0 Å².